The molecule has 0 aliphatic carbocycles. The van der Waals surface area contributed by atoms with E-state index in [0.717, 1.165) is 24.3 Å². The van der Waals surface area contributed by atoms with E-state index in [1.54, 1.807) is 0 Å². The highest BCUT2D eigenvalue weighted by Crippen LogP contribution is 2.26. The molecule has 1 aliphatic rings. The number of carbonyl (C=O) groups is 1. The maximum absolute atomic E-state index is 13.3. The van der Waals surface area contributed by atoms with Crippen LogP contribution in [0.3, 0.4) is 0 Å². The Morgan fingerprint density at radius 1 is 1.33 bits per heavy atom. The topological polar surface area (TPSA) is 40.5 Å². The van der Waals surface area contributed by atoms with E-state index in [1.807, 2.05) is 6.07 Å². The summed E-state index contributed by atoms with van der Waals surface area (Å²) >= 11 is 0. The maximum atomic E-state index is 13.3. The molecule has 0 amide bonds. The average Bonchev–Trinajstić information content (AvgIpc) is 2.82. The SMILES string of the molecule is O=C(O)CCCc1cc(F)ccc1N1CCCC1. The zero-order valence-corrected chi connectivity index (χ0v) is 10.4. The predicted molar refractivity (Wildman–Crippen MR) is 68.4 cm³/mol. The highest BCUT2D eigenvalue weighted by molar-refractivity contribution is 5.66. The molecule has 0 saturated carbocycles. The molecule has 0 spiro atoms. The summed E-state index contributed by atoms with van der Waals surface area (Å²) in [7, 11) is 0. The van der Waals surface area contributed by atoms with E-state index in [4.69, 9.17) is 5.11 Å². The number of anilines is 1. The lowest BCUT2D eigenvalue weighted by molar-refractivity contribution is -0.137. The Morgan fingerprint density at radius 2 is 2.06 bits per heavy atom. The Bertz CT molecular complexity index is 428. The largest absolute Gasteiger partial charge is 0.481 e. The zero-order valence-electron chi connectivity index (χ0n) is 10.4. The van der Waals surface area contributed by atoms with Crippen molar-refractivity contribution in [1.29, 1.82) is 0 Å². The lowest BCUT2D eigenvalue weighted by atomic mass is 10.0. The van der Waals surface area contributed by atoms with Gasteiger partial charge in [-0.25, -0.2) is 4.39 Å². The fraction of sp³-hybridized carbons (Fsp3) is 0.500. The number of nitrogens with zero attached hydrogens (tertiary/aromatic N) is 1. The Kier molecular flexibility index (Phi) is 4.18. The molecule has 0 bridgehead atoms. The summed E-state index contributed by atoms with van der Waals surface area (Å²) in [5, 5.41) is 8.64. The van der Waals surface area contributed by atoms with E-state index >= 15 is 0 Å². The van der Waals surface area contributed by atoms with E-state index in [1.165, 1.54) is 25.0 Å². The summed E-state index contributed by atoms with van der Waals surface area (Å²) in [4.78, 5) is 12.8. The maximum Gasteiger partial charge on any atom is 0.303 e. The Hall–Kier alpha value is -1.58. The van der Waals surface area contributed by atoms with Crippen LogP contribution in [0.15, 0.2) is 18.2 Å². The Labute approximate surface area is 106 Å². The minimum Gasteiger partial charge on any atom is -0.481 e. The van der Waals surface area contributed by atoms with Crippen LogP contribution in [0.1, 0.15) is 31.2 Å². The Balaban J connectivity index is 2.10. The molecule has 1 fully saturated rings. The molecule has 98 valence electrons. The van der Waals surface area contributed by atoms with Crippen LogP contribution in [-0.2, 0) is 11.2 Å². The van der Waals surface area contributed by atoms with Gasteiger partial charge in [-0.15, -0.1) is 0 Å². The van der Waals surface area contributed by atoms with Crippen LogP contribution >= 0.6 is 0 Å². The molecule has 0 radical (unpaired) electrons. The monoisotopic (exact) mass is 251 g/mol. The quantitative estimate of drug-likeness (QED) is 0.874. The molecule has 1 aromatic rings. The number of carboxylic acids is 1. The van der Waals surface area contributed by atoms with Crippen molar-refractivity contribution in [3.63, 3.8) is 0 Å². The Morgan fingerprint density at radius 3 is 2.72 bits per heavy atom. The van der Waals surface area contributed by atoms with Gasteiger partial charge in [0.25, 0.3) is 0 Å². The highest BCUT2D eigenvalue weighted by Gasteiger charge is 2.16. The number of aryl methyl sites for hydroxylation is 1. The van der Waals surface area contributed by atoms with Crippen molar-refractivity contribution >= 4 is 11.7 Å². The molecule has 1 heterocycles. The summed E-state index contributed by atoms with van der Waals surface area (Å²) in [5.74, 6) is -1.04. The normalized spacial score (nSPS) is 15.1. The van der Waals surface area contributed by atoms with Gasteiger partial charge >= 0.3 is 5.97 Å². The number of aliphatic carboxylic acids is 1. The van der Waals surface area contributed by atoms with Crippen molar-refractivity contribution in [3.05, 3.63) is 29.6 Å². The number of hydrogen-bond donors (Lipinski definition) is 1. The highest BCUT2D eigenvalue weighted by atomic mass is 19.1. The van der Waals surface area contributed by atoms with Gasteiger partial charge in [-0.05, 0) is 49.4 Å². The van der Waals surface area contributed by atoms with Crippen LogP contribution in [0.5, 0.6) is 0 Å². The van der Waals surface area contributed by atoms with Gasteiger partial charge in [0.1, 0.15) is 5.82 Å². The zero-order chi connectivity index (χ0) is 13.0. The number of hydrogen-bond acceptors (Lipinski definition) is 2. The summed E-state index contributed by atoms with van der Waals surface area (Å²) < 4.78 is 13.3. The molecule has 0 aromatic heterocycles. The van der Waals surface area contributed by atoms with E-state index in [-0.39, 0.29) is 12.2 Å². The van der Waals surface area contributed by atoms with Crippen LogP contribution < -0.4 is 4.90 Å². The molecule has 0 atom stereocenters. The van der Waals surface area contributed by atoms with Gasteiger partial charge in [-0.1, -0.05) is 0 Å². The van der Waals surface area contributed by atoms with Crippen molar-refractivity contribution in [3.8, 4) is 0 Å². The number of rotatable bonds is 5. The summed E-state index contributed by atoms with van der Waals surface area (Å²) in [6, 6.07) is 4.83. The molecular weight excluding hydrogens is 233 g/mol. The molecule has 4 heteroatoms. The van der Waals surface area contributed by atoms with Crippen molar-refractivity contribution in [2.24, 2.45) is 0 Å². The molecule has 18 heavy (non-hydrogen) atoms. The predicted octanol–water partition coefficient (Wildman–Crippen LogP) is 2.83. The standard InChI is InChI=1S/C14H18FNO2/c15-12-6-7-13(16-8-1-2-9-16)11(10-12)4-3-5-14(17)18/h6-7,10H,1-5,8-9H2,(H,17,18). The van der Waals surface area contributed by atoms with Crippen molar-refractivity contribution in [1.82, 2.24) is 0 Å². The van der Waals surface area contributed by atoms with E-state index in [0.29, 0.717) is 12.8 Å². The summed E-state index contributed by atoms with van der Waals surface area (Å²) in [6.45, 7) is 2.02. The molecule has 3 nitrogen and oxygen atoms in total. The van der Waals surface area contributed by atoms with Gasteiger partial charge in [-0.2, -0.15) is 0 Å². The minimum absolute atomic E-state index is 0.135. The van der Waals surface area contributed by atoms with Crippen molar-refractivity contribution in [2.45, 2.75) is 32.1 Å². The molecule has 1 aliphatic heterocycles. The van der Waals surface area contributed by atoms with Crippen LogP contribution in [0.4, 0.5) is 10.1 Å². The first kappa shape index (κ1) is 12.9. The molecule has 0 unspecified atom stereocenters. The fourth-order valence-corrected chi connectivity index (χ4v) is 2.45. The number of benzene rings is 1. The third-order valence-corrected chi connectivity index (χ3v) is 3.33. The smallest absolute Gasteiger partial charge is 0.303 e. The first-order valence-electron chi connectivity index (χ1n) is 6.42. The number of halogens is 1. The first-order chi connectivity index (χ1) is 8.66. The van der Waals surface area contributed by atoms with Crippen LogP contribution in [-0.4, -0.2) is 24.2 Å². The van der Waals surface area contributed by atoms with Gasteiger partial charge in [0.05, 0.1) is 0 Å². The lowest BCUT2D eigenvalue weighted by Gasteiger charge is -2.21. The van der Waals surface area contributed by atoms with E-state index in [9.17, 15) is 9.18 Å². The van der Waals surface area contributed by atoms with Gasteiger partial charge < -0.3 is 10.0 Å². The molecule has 1 N–H and O–H groups in total. The van der Waals surface area contributed by atoms with Gasteiger partial charge in [-0.3, -0.25) is 4.79 Å². The molecular formula is C14H18FNO2. The minimum atomic E-state index is -0.797. The van der Waals surface area contributed by atoms with Gasteiger partial charge in [0.15, 0.2) is 0 Å². The third kappa shape index (κ3) is 3.22. The van der Waals surface area contributed by atoms with Gasteiger partial charge in [0.2, 0.25) is 0 Å². The van der Waals surface area contributed by atoms with E-state index in [2.05, 4.69) is 4.90 Å². The molecule has 1 aromatic carbocycles. The van der Waals surface area contributed by atoms with Crippen LogP contribution in [0, 0.1) is 5.82 Å². The second-order valence-electron chi connectivity index (χ2n) is 4.71. The second-order valence-corrected chi connectivity index (χ2v) is 4.71. The van der Waals surface area contributed by atoms with Gasteiger partial charge in [0, 0.05) is 25.2 Å². The first-order valence-corrected chi connectivity index (χ1v) is 6.42. The summed E-state index contributed by atoms with van der Waals surface area (Å²) in [5.41, 5.74) is 2.00. The van der Waals surface area contributed by atoms with E-state index < -0.39 is 5.97 Å². The summed E-state index contributed by atoms with van der Waals surface area (Å²) in [6.07, 6.45) is 3.66. The van der Waals surface area contributed by atoms with Crippen LogP contribution in [0.2, 0.25) is 0 Å². The van der Waals surface area contributed by atoms with Crippen molar-refractivity contribution < 1.29 is 14.3 Å². The van der Waals surface area contributed by atoms with Crippen molar-refractivity contribution in [2.75, 3.05) is 18.0 Å². The fourth-order valence-electron chi connectivity index (χ4n) is 2.45. The third-order valence-electron chi connectivity index (χ3n) is 3.33. The number of carboxylic acid groups (broad SMARTS) is 1. The lowest BCUT2D eigenvalue weighted by Crippen LogP contribution is -2.19. The average molecular weight is 251 g/mol. The molecule has 2 rings (SSSR count). The second kappa shape index (κ2) is 5.85. The molecule has 1 saturated heterocycles. The van der Waals surface area contributed by atoms with Crippen LogP contribution in [0.25, 0.3) is 0 Å².